The molecular formula is C25H27N5O. The minimum Gasteiger partial charge on any atom is -0.357 e. The monoisotopic (exact) mass is 413 g/mol. The molecule has 1 amide bonds. The number of anilines is 1. The lowest BCUT2D eigenvalue weighted by Crippen LogP contribution is -2.40. The molecule has 1 aliphatic rings. The molecule has 31 heavy (non-hydrogen) atoms. The molecule has 0 spiro atoms. The Kier molecular flexibility index (Phi) is 6.57. The van der Waals surface area contributed by atoms with E-state index < -0.39 is 0 Å². The summed E-state index contributed by atoms with van der Waals surface area (Å²) in [5, 5.41) is 9.67. The highest BCUT2D eigenvalue weighted by molar-refractivity contribution is 5.94. The van der Waals surface area contributed by atoms with Gasteiger partial charge in [0.2, 0.25) is 5.91 Å². The second-order valence-electron chi connectivity index (χ2n) is 7.53. The first-order chi connectivity index (χ1) is 15.2. The molecule has 1 aliphatic heterocycles. The van der Waals surface area contributed by atoms with Crippen LogP contribution in [-0.4, -0.2) is 29.9 Å². The zero-order valence-corrected chi connectivity index (χ0v) is 17.6. The van der Waals surface area contributed by atoms with E-state index in [0.29, 0.717) is 19.5 Å². The number of hydrogen-bond acceptors (Lipinski definition) is 3. The average Bonchev–Trinajstić information content (AvgIpc) is 2.81. The predicted octanol–water partition coefficient (Wildman–Crippen LogP) is 3.93. The van der Waals surface area contributed by atoms with Gasteiger partial charge in [-0.2, -0.15) is 0 Å². The maximum Gasteiger partial charge on any atom is 0.225 e. The molecule has 0 saturated heterocycles. The van der Waals surface area contributed by atoms with Crippen molar-refractivity contribution in [2.24, 2.45) is 4.99 Å². The molecule has 1 atom stereocenters. The van der Waals surface area contributed by atoms with Crippen molar-refractivity contribution in [2.45, 2.75) is 25.8 Å². The molecule has 158 valence electrons. The number of amides is 1. The second-order valence-corrected chi connectivity index (χ2v) is 7.53. The van der Waals surface area contributed by atoms with Gasteiger partial charge in [0, 0.05) is 42.9 Å². The molecule has 1 unspecified atom stereocenters. The summed E-state index contributed by atoms with van der Waals surface area (Å²) in [6.07, 6.45) is 2.27. The Labute approximate surface area is 182 Å². The number of para-hydroxylation sites is 1. The molecule has 4 rings (SSSR count). The predicted molar refractivity (Wildman–Crippen MR) is 125 cm³/mol. The van der Waals surface area contributed by atoms with Crippen molar-refractivity contribution >= 4 is 17.6 Å². The van der Waals surface area contributed by atoms with Crippen molar-refractivity contribution in [3.63, 3.8) is 0 Å². The lowest BCUT2D eigenvalue weighted by Gasteiger charge is -2.26. The molecule has 0 bridgehead atoms. The highest BCUT2D eigenvalue weighted by Gasteiger charge is 2.24. The van der Waals surface area contributed by atoms with Gasteiger partial charge in [-0.25, -0.2) is 4.99 Å². The number of aliphatic imine (C=N–C) groups is 1. The van der Waals surface area contributed by atoms with E-state index in [2.05, 4.69) is 45.2 Å². The van der Waals surface area contributed by atoms with Gasteiger partial charge in [-0.3, -0.25) is 9.78 Å². The summed E-state index contributed by atoms with van der Waals surface area (Å²) in [6.45, 7) is 4.01. The summed E-state index contributed by atoms with van der Waals surface area (Å²) in [5.41, 5.74) is 5.21. The number of nitrogens with one attached hydrogen (secondary N) is 3. The average molecular weight is 414 g/mol. The second kappa shape index (κ2) is 9.89. The molecule has 2 aromatic carbocycles. The number of carbonyl (C=O) groups is 1. The Morgan fingerprint density at radius 3 is 2.81 bits per heavy atom. The van der Waals surface area contributed by atoms with E-state index in [1.807, 2.05) is 49.4 Å². The van der Waals surface area contributed by atoms with Crippen LogP contribution in [0, 0.1) is 0 Å². The topological polar surface area (TPSA) is 78.4 Å². The standard InChI is InChI=1S/C25H27N5O/c1-2-26-25(29-17-20-15-24(31)30-23-12-4-3-10-21(20)23)28-16-18-8-7-9-19(14-18)22-11-5-6-13-27-22/h3-14,20H,2,15-17H2,1H3,(H,30,31)(H2,26,28,29). The third kappa shape index (κ3) is 5.28. The van der Waals surface area contributed by atoms with Crippen molar-refractivity contribution in [3.05, 3.63) is 84.1 Å². The van der Waals surface area contributed by atoms with Crippen LogP contribution in [0.25, 0.3) is 11.3 Å². The van der Waals surface area contributed by atoms with Gasteiger partial charge in [-0.1, -0.05) is 42.5 Å². The maximum atomic E-state index is 12.1. The van der Waals surface area contributed by atoms with Crippen molar-refractivity contribution in [1.82, 2.24) is 15.6 Å². The zero-order chi connectivity index (χ0) is 21.5. The van der Waals surface area contributed by atoms with Crippen LogP contribution < -0.4 is 16.0 Å². The molecule has 3 aromatic rings. The molecule has 1 aromatic heterocycles. The maximum absolute atomic E-state index is 12.1. The number of hydrogen-bond donors (Lipinski definition) is 3. The fraction of sp³-hybridized carbons (Fsp3) is 0.240. The van der Waals surface area contributed by atoms with Crippen LogP contribution in [0.1, 0.15) is 30.4 Å². The molecule has 0 fully saturated rings. The number of rotatable bonds is 6. The van der Waals surface area contributed by atoms with E-state index in [-0.39, 0.29) is 11.8 Å². The van der Waals surface area contributed by atoms with E-state index in [1.54, 1.807) is 6.20 Å². The normalized spacial score (nSPS) is 15.7. The van der Waals surface area contributed by atoms with E-state index in [4.69, 9.17) is 4.99 Å². The number of pyridine rings is 1. The van der Waals surface area contributed by atoms with Crippen molar-refractivity contribution < 1.29 is 4.79 Å². The van der Waals surface area contributed by atoms with Gasteiger partial charge in [-0.15, -0.1) is 0 Å². The fourth-order valence-corrected chi connectivity index (χ4v) is 3.78. The van der Waals surface area contributed by atoms with E-state index in [1.165, 1.54) is 0 Å². The molecule has 2 heterocycles. The van der Waals surface area contributed by atoms with Crippen LogP contribution in [0.5, 0.6) is 0 Å². The van der Waals surface area contributed by atoms with Gasteiger partial charge in [0.15, 0.2) is 5.96 Å². The first kappa shape index (κ1) is 20.6. The van der Waals surface area contributed by atoms with Gasteiger partial charge in [0.1, 0.15) is 0 Å². The Balaban J connectivity index is 1.44. The smallest absolute Gasteiger partial charge is 0.225 e. The first-order valence-corrected chi connectivity index (χ1v) is 10.6. The number of guanidine groups is 1. The van der Waals surface area contributed by atoms with Crippen LogP contribution in [0.4, 0.5) is 5.69 Å². The van der Waals surface area contributed by atoms with Crippen molar-refractivity contribution in [1.29, 1.82) is 0 Å². The zero-order valence-electron chi connectivity index (χ0n) is 17.6. The Bertz CT molecular complexity index is 1060. The van der Waals surface area contributed by atoms with Crippen LogP contribution in [0.2, 0.25) is 0 Å². The van der Waals surface area contributed by atoms with Gasteiger partial charge in [-0.05, 0) is 42.3 Å². The van der Waals surface area contributed by atoms with Gasteiger partial charge in [0.05, 0.1) is 12.2 Å². The highest BCUT2D eigenvalue weighted by Crippen LogP contribution is 2.31. The number of benzene rings is 2. The van der Waals surface area contributed by atoms with E-state index in [0.717, 1.165) is 40.6 Å². The summed E-state index contributed by atoms with van der Waals surface area (Å²) < 4.78 is 0. The molecule has 6 heteroatoms. The minimum atomic E-state index is 0.0544. The Morgan fingerprint density at radius 1 is 1.10 bits per heavy atom. The number of nitrogens with zero attached hydrogens (tertiary/aromatic N) is 2. The third-order valence-corrected chi connectivity index (χ3v) is 5.27. The lowest BCUT2D eigenvalue weighted by atomic mass is 9.90. The fourth-order valence-electron chi connectivity index (χ4n) is 3.78. The molecule has 0 aliphatic carbocycles. The molecule has 6 nitrogen and oxygen atoms in total. The van der Waals surface area contributed by atoms with E-state index in [9.17, 15) is 4.79 Å². The molecule has 0 radical (unpaired) electrons. The molecular weight excluding hydrogens is 386 g/mol. The number of fused-ring (bicyclic) bond motifs is 1. The summed E-state index contributed by atoms with van der Waals surface area (Å²) >= 11 is 0. The SMILES string of the molecule is CCNC(=NCc1cccc(-c2ccccn2)c1)NCC1CC(=O)Nc2ccccc21. The molecule has 3 N–H and O–H groups in total. The van der Waals surface area contributed by atoms with Crippen molar-refractivity contribution in [3.8, 4) is 11.3 Å². The quantitative estimate of drug-likeness (QED) is 0.423. The summed E-state index contributed by atoms with van der Waals surface area (Å²) in [6, 6.07) is 22.2. The van der Waals surface area contributed by atoms with E-state index >= 15 is 0 Å². The van der Waals surface area contributed by atoms with Crippen LogP contribution >= 0.6 is 0 Å². The first-order valence-electron chi connectivity index (χ1n) is 10.6. The minimum absolute atomic E-state index is 0.0544. The highest BCUT2D eigenvalue weighted by atomic mass is 16.1. The summed E-state index contributed by atoms with van der Waals surface area (Å²) in [5.74, 6) is 0.911. The largest absolute Gasteiger partial charge is 0.357 e. The van der Waals surface area contributed by atoms with Gasteiger partial charge < -0.3 is 16.0 Å². The van der Waals surface area contributed by atoms with Crippen LogP contribution in [-0.2, 0) is 11.3 Å². The van der Waals surface area contributed by atoms with Gasteiger partial charge >= 0.3 is 0 Å². The number of carbonyl (C=O) groups excluding carboxylic acids is 1. The lowest BCUT2D eigenvalue weighted by molar-refractivity contribution is -0.116. The van der Waals surface area contributed by atoms with Gasteiger partial charge in [0.25, 0.3) is 0 Å². The van der Waals surface area contributed by atoms with Crippen molar-refractivity contribution in [2.75, 3.05) is 18.4 Å². The van der Waals surface area contributed by atoms with Crippen LogP contribution in [0.3, 0.4) is 0 Å². The number of aromatic nitrogens is 1. The molecule has 0 saturated carbocycles. The Morgan fingerprint density at radius 2 is 1.97 bits per heavy atom. The third-order valence-electron chi connectivity index (χ3n) is 5.27. The Hall–Kier alpha value is -3.67. The van der Waals surface area contributed by atoms with Crippen LogP contribution in [0.15, 0.2) is 77.9 Å². The summed E-state index contributed by atoms with van der Waals surface area (Å²) in [7, 11) is 0. The summed E-state index contributed by atoms with van der Waals surface area (Å²) in [4.78, 5) is 21.3.